The molecule has 1 fully saturated rings. The van der Waals surface area contributed by atoms with Crippen molar-refractivity contribution in [3.63, 3.8) is 0 Å². The zero-order valence-corrected chi connectivity index (χ0v) is 12.9. The second kappa shape index (κ2) is 6.62. The SMILES string of the molecule is CN(C)[C@H]1C[C@@H](c2cc(F)cc(Cl)c2)CC[C@@H]1NC(=O)O. The predicted octanol–water partition coefficient (Wildman–Crippen LogP) is 3.31. The number of likely N-dealkylation sites (N-methyl/N-ethyl adjacent to an activating group) is 1. The van der Waals surface area contributed by atoms with Gasteiger partial charge in [0.2, 0.25) is 0 Å². The summed E-state index contributed by atoms with van der Waals surface area (Å²) in [6.07, 6.45) is 1.32. The van der Waals surface area contributed by atoms with Gasteiger partial charge in [0.1, 0.15) is 5.82 Å². The average Bonchev–Trinajstić information content (AvgIpc) is 2.37. The van der Waals surface area contributed by atoms with Crippen LogP contribution in [0.4, 0.5) is 9.18 Å². The van der Waals surface area contributed by atoms with E-state index in [-0.39, 0.29) is 23.8 Å². The largest absolute Gasteiger partial charge is 0.465 e. The van der Waals surface area contributed by atoms with E-state index < -0.39 is 6.09 Å². The van der Waals surface area contributed by atoms with Gasteiger partial charge in [0.25, 0.3) is 0 Å². The third-order valence-corrected chi connectivity index (χ3v) is 4.36. The van der Waals surface area contributed by atoms with Gasteiger partial charge in [-0.1, -0.05) is 11.6 Å². The summed E-state index contributed by atoms with van der Waals surface area (Å²) in [6, 6.07) is 4.60. The fourth-order valence-corrected chi connectivity index (χ4v) is 3.39. The smallest absolute Gasteiger partial charge is 0.404 e. The highest BCUT2D eigenvalue weighted by Gasteiger charge is 2.33. The van der Waals surface area contributed by atoms with Gasteiger partial charge >= 0.3 is 6.09 Å². The molecule has 116 valence electrons. The van der Waals surface area contributed by atoms with Gasteiger partial charge in [-0.25, -0.2) is 9.18 Å². The van der Waals surface area contributed by atoms with Crippen LogP contribution in [0.5, 0.6) is 0 Å². The molecule has 1 aromatic rings. The molecule has 3 atom stereocenters. The first-order chi connectivity index (χ1) is 9.86. The van der Waals surface area contributed by atoms with Crippen molar-refractivity contribution in [2.24, 2.45) is 0 Å². The van der Waals surface area contributed by atoms with E-state index in [2.05, 4.69) is 5.32 Å². The number of carboxylic acid groups (broad SMARTS) is 1. The van der Waals surface area contributed by atoms with E-state index in [0.717, 1.165) is 24.8 Å². The van der Waals surface area contributed by atoms with Gasteiger partial charge in [0.05, 0.1) is 0 Å². The lowest BCUT2D eigenvalue weighted by molar-refractivity contribution is 0.145. The maximum absolute atomic E-state index is 13.5. The molecule has 0 aromatic heterocycles. The van der Waals surface area contributed by atoms with Crippen LogP contribution in [0.1, 0.15) is 30.7 Å². The quantitative estimate of drug-likeness (QED) is 0.900. The Hall–Kier alpha value is -1.33. The van der Waals surface area contributed by atoms with Crippen molar-refractivity contribution in [3.05, 3.63) is 34.6 Å². The van der Waals surface area contributed by atoms with Gasteiger partial charge in [0, 0.05) is 17.1 Å². The minimum atomic E-state index is -1.00. The van der Waals surface area contributed by atoms with E-state index in [1.807, 2.05) is 19.0 Å². The second-order valence-electron chi connectivity index (χ2n) is 5.80. The Labute approximate surface area is 128 Å². The number of benzene rings is 1. The van der Waals surface area contributed by atoms with Crippen molar-refractivity contribution >= 4 is 17.7 Å². The van der Waals surface area contributed by atoms with Gasteiger partial charge in [-0.05, 0) is 63.0 Å². The molecule has 2 N–H and O–H groups in total. The summed E-state index contributed by atoms with van der Waals surface area (Å²) in [5.41, 5.74) is 0.889. The van der Waals surface area contributed by atoms with Crippen LogP contribution in [-0.4, -0.2) is 42.3 Å². The van der Waals surface area contributed by atoms with E-state index in [1.165, 1.54) is 12.1 Å². The second-order valence-corrected chi connectivity index (χ2v) is 6.24. The molecule has 0 heterocycles. The highest BCUT2D eigenvalue weighted by Crippen LogP contribution is 2.36. The molecule has 0 spiro atoms. The van der Waals surface area contributed by atoms with E-state index in [0.29, 0.717) is 5.02 Å². The molecule has 0 radical (unpaired) electrons. The lowest BCUT2D eigenvalue weighted by Crippen LogP contribution is -2.52. The zero-order valence-electron chi connectivity index (χ0n) is 12.1. The number of amides is 1. The molecule has 1 aliphatic rings. The molecule has 6 heteroatoms. The molecular weight excluding hydrogens is 295 g/mol. The van der Waals surface area contributed by atoms with Crippen LogP contribution < -0.4 is 5.32 Å². The molecule has 2 rings (SSSR count). The Morgan fingerprint density at radius 3 is 2.67 bits per heavy atom. The molecule has 0 unspecified atom stereocenters. The summed E-state index contributed by atoms with van der Waals surface area (Å²) in [5, 5.41) is 11.9. The van der Waals surface area contributed by atoms with Crippen LogP contribution >= 0.6 is 11.6 Å². The zero-order chi connectivity index (χ0) is 15.6. The van der Waals surface area contributed by atoms with Crippen LogP contribution in [-0.2, 0) is 0 Å². The van der Waals surface area contributed by atoms with E-state index in [9.17, 15) is 9.18 Å². The minimum absolute atomic E-state index is 0.0851. The Bertz CT molecular complexity index is 504. The van der Waals surface area contributed by atoms with Crippen molar-refractivity contribution in [1.29, 1.82) is 0 Å². The van der Waals surface area contributed by atoms with Gasteiger partial charge in [-0.15, -0.1) is 0 Å². The first kappa shape index (κ1) is 16.0. The fourth-order valence-electron chi connectivity index (χ4n) is 3.16. The van der Waals surface area contributed by atoms with Crippen molar-refractivity contribution in [2.75, 3.05) is 14.1 Å². The normalized spacial score (nSPS) is 25.9. The van der Waals surface area contributed by atoms with Crippen LogP contribution in [0.25, 0.3) is 0 Å². The maximum Gasteiger partial charge on any atom is 0.404 e. The third kappa shape index (κ3) is 4.08. The standard InChI is InChI=1S/C15H20ClFN2O2/c1-19(2)14-7-9(3-4-13(14)18-15(20)21)10-5-11(16)8-12(17)6-10/h5-6,8-9,13-14,18H,3-4,7H2,1-2H3,(H,20,21)/t9-,13-,14-/m0/s1. The summed E-state index contributed by atoms with van der Waals surface area (Å²) in [7, 11) is 3.87. The molecule has 0 bridgehead atoms. The fraction of sp³-hybridized carbons (Fsp3) is 0.533. The molecule has 0 saturated heterocycles. The topological polar surface area (TPSA) is 52.6 Å². The number of hydrogen-bond donors (Lipinski definition) is 2. The number of carbonyl (C=O) groups is 1. The van der Waals surface area contributed by atoms with Crippen LogP contribution in [0.15, 0.2) is 18.2 Å². The lowest BCUT2D eigenvalue weighted by atomic mass is 9.78. The Kier molecular flexibility index (Phi) is 5.06. The first-order valence-corrected chi connectivity index (χ1v) is 7.36. The molecule has 1 amide bonds. The Balaban J connectivity index is 2.16. The van der Waals surface area contributed by atoms with Gasteiger partial charge in [-0.3, -0.25) is 0 Å². The van der Waals surface area contributed by atoms with Crippen LogP contribution in [0.3, 0.4) is 0 Å². The van der Waals surface area contributed by atoms with Crippen molar-refractivity contribution in [2.45, 2.75) is 37.3 Å². The molecule has 1 aliphatic carbocycles. The van der Waals surface area contributed by atoms with Crippen molar-refractivity contribution in [1.82, 2.24) is 10.2 Å². The van der Waals surface area contributed by atoms with Crippen molar-refractivity contribution < 1.29 is 14.3 Å². The Morgan fingerprint density at radius 2 is 2.10 bits per heavy atom. The summed E-state index contributed by atoms with van der Waals surface area (Å²) < 4.78 is 13.5. The van der Waals surface area contributed by atoms with Crippen LogP contribution in [0.2, 0.25) is 5.02 Å². The maximum atomic E-state index is 13.5. The van der Waals surface area contributed by atoms with Gasteiger partial charge in [0.15, 0.2) is 0 Å². The number of nitrogens with zero attached hydrogens (tertiary/aromatic N) is 1. The number of halogens is 2. The highest BCUT2D eigenvalue weighted by atomic mass is 35.5. The monoisotopic (exact) mass is 314 g/mol. The lowest BCUT2D eigenvalue weighted by Gasteiger charge is -2.39. The summed E-state index contributed by atoms with van der Waals surface area (Å²) in [5.74, 6) is -0.137. The molecular formula is C15H20ClFN2O2. The molecule has 1 saturated carbocycles. The summed E-state index contributed by atoms with van der Waals surface area (Å²) in [6.45, 7) is 0. The third-order valence-electron chi connectivity index (χ3n) is 4.15. The van der Waals surface area contributed by atoms with Crippen molar-refractivity contribution in [3.8, 4) is 0 Å². The predicted molar refractivity (Wildman–Crippen MR) is 80.4 cm³/mol. The molecule has 4 nitrogen and oxygen atoms in total. The summed E-state index contributed by atoms with van der Waals surface area (Å²) >= 11 is 5.93. The number of hydrogen-bond acceptors (Lipinski definition) is 2. The summed E-state index contributed by atoms with van der Waals surface area (Å²) in [4.78, 5) is 12.9. The molecule has 21 heavy (non-hydrogen) atoms. The van der Waals surface area contributed by atoms with Gasteiger partial charge < -0.3 is 15.3 Å². The highest BCUT2D eigenvalue weighted by molar-refractivity contribution is 6.30. The van der Waals surface area contributed by atoms with E-state index >= 15 is 0 Å². The van der Waals surface area contributed by atoms with Gasteiger partial charge in [-0.2, -0.15) is 0 Å². The van der Waals surface area contributed by atoms with E-state index in [4.69, 9.17) is 16.7 Å². The van der Waals surface area contributed by atoms with E-state index in [1.54, 1.807) is 6.07 Å². The Morgan fingerprint density at radius 1 is 1.38 bits per heavy atom. The average molecular weight is 315 g/mol. The number of nitrogens with one attached hydrogen (secondary N) is 1. The number of rotatable bonds is 3. The first-order valence-electron chi connectivity index (χ1n) is 6.98. The molecule has 1 aromatic carbocycles. The molecule has 0 aliphatic heterocycles. The minimum Gasteiger partial charge on any atom is -0.465 e. The van der Waals surface area contributed by atoms with Crippen LogP contribution in [0, 0.1) is 5.82 Å².